The fraction of sp³-hybridized carbons (Fsp3) is 0.571. The zero-order valence-corrected chi connectivity index (χ0v) is 12.7. The number of thioether (sulfide) groups is 1. The molecule has 0 aliphatic carbocycles. The van der Waals surface area contributed by atoms with Crippen molar-refractivity contribution in [3.63, 3.8) is 0 Å². The number of hydrogen-bond acceptors (Lipinski definition) is 2. The second kappa shape index (κ2) is 7.30. The molecule has 0 bridgehead atoms. The van der Waals surface area contributed by atoms with Crippen molar-refractivity contribution in [2.45, 2.75) is 50.3 Å². The van der Waals surface area contributed by atoms with Gasteiger partial charge in [0.05, 0.1) is 5.02 Å². The van der Waals surface area contributed by atoms with Gasteiger partial charge in [-0.25, -0.2) is 0 Å². The van der Waals surface area contributed by atoms with Gasteiger partial charge in [-0.15, -0.1) is 11.8 Å². The van der Waals surface area contributed by atoms with Crippen LogP contribution in [-0.4, -0.2) is 11.8 Å². The maximum Gasteiger partial charge on any atom is 0.0545 e. The molecule has 0 saturated carbocycles. The SMILES string of the molecule is CCNC(C)c1ccc(SC(C)CC)c(Cl)c1. The van der Waals surface area contributed by atoms with E-state index in [4.69, 9.17) is 11.6 Å². The molecular weight excluding hydrogens is 250 g/mol. The summed E-state index contributed by atoms with van der Waals surface area (Å²) >= 11 is 8.18. The highest BCUT2D eigenvalue weighted by molar-refractivity contribution is 8.00. The first-order chi connectivity index (χ1) is 8.08. The van der Waals surface area contributed by atoms with Crippen LogP contribution in [0, 0.1) is 0 Å². The van der Waals surface area contributed by atoms with E-state index >= 15 is 0 Å². The summed E-state index contributed by atoms with van der Waals surface area (Å²) in [6.45, 7) is 9.69. The summed E-state index contributed by atoms with van der Waals surface area (Å²) in [6.07, 6.45) is 1.16. The van der Waals surface area contributed by atoms with Crippen LogP contribution in [0.2, 0.25) is 5.02 Å². The van der Waals surface area contributed by atoms with Crippen molar-refractivity contribution in [2.75, 3.05) is 6.54 Å². The largest absolute Gasteiger partial charge is 0.310 e. The summed E-state index contributed by atoms with van der Waals surface area (Å²) in [5.41, 5.74) is 1.25. The third kappa shape index (κ3) is 4.53. The van der Waals surface area contributed by atoms with Crippen molar-refractivity contribution in [1.29, 1.82) is 0 Å². The lowest BCUT2D eigenvalue weighted by Gasteiger charge is -2.15. The van der Waals surface area contributed by atoms with E-state index in [-0.39, 0.29) is 0 Å². The van der Waals surface area contributed by atoms with E-state index in [9.17, 15) is 0 Å². The van der Waals surface area contributed by atoms with Crippen LogP contribution in [0.15, 0.2) is 23.1 Å². The Labute approximate surface area is 114 Å². The lowest BCUT2D eigenvalue weighted by atomic mass is 10.1. The van der Waals surface area contributed by atoms with Gasteiger partial charge in [0.15, 0.2) is 0 Å². The Balaban J connectivity index is 2.78. The number of benzene rings is 1. The van der Waals surface area contributed by atoms with E-state index < -0.39 is 0 Å². The van der Waals surface area contributed by atoms with Crippen molar-refractivity contribution in [3.8, 4) is 0 Å². The van der Waals surface area contributed by atoms with E-state index in [1.54, 1.807) is 0 Å². The van der Waals surface area contributed by atoms with Gasteiger partial charge in [-0.3, -0.25) is 0 Å². The Hall–Kier alpha value is -0.180. The van der Waals surface area contributed by atoms with Gasteiger partial charge < -0.3 is 5.32 Å². The standard InChI is InChI=1S/C14H22ClNS/c1-5-10(3)17-14-8-7-12(9-13(14)15)11(4)16-6-2/h7-11,16H,5-6H2,1-4H3. The first-order valence-corrected chi connectivity index (χ1v) is 7.53. The van der Waals surface area contributed by atoms with Crippen molar-refractivity contribution < 1.29 is 0 Å². The van der Waals surface area contributed by atoms with Gasteiger partial charge in [0.2, 0.25) is 0 Å². The molecule has 2 atom stereocenters. The molecule has 1 aromatic rings. The Morgan fingerprint density at radius 2 is 2.00 bits per heavy atom. The molecule has 96 valence electrons. The zero-order chi connectivity index (χ0) is 12.8. The van der Waals surface area contributed by atoms with Crippen LogP contribution in [0.5, 0.6) is 0 Å². The molecule has 0 radical (unpaired) electrons. The summed E-state index contributed by atoms with van der Waals surface area (Å²) in [5.74, 6) is 0. The van der Waals surface area contributed by atoms with Crippen LogP contribution in [0.3, 0.4) is 0 Å². The topological polar surface area (TPSA) is 12.0 Å². The molecule has 0 heterocycles. The Kier molecular flexibility index (Phi) is 6.39. The highest BCUT2D eigenvalue weighted by atomic mass is 35.5. The first-order valence-electron chi connectivity index (χ1n) is 6.27. The Morgan fingerprint density at radius 3 is 2.53 bits per heavy atom. The van der Waals surface area contributed by atoms with Gasteiger partial charge in [0.25, 0.3) is 0 Å². The second-order valence-electron chi connectivity index (χ2n) is 4.31. The fourth-order valence-corrected chi connectivity index (χ4v) is 2.85. The average molecular weight is 272 g/mol. The lowest BCUT2D eigenvalue weighted by Crippen LogP contribution is -2.17. The molecule has 0 aromatic heterocycles. The average Bonchev–Trinajstić information content (AvgIpc) is 2.31. The second-order valence-corrected chi connectivity index (χ2v) is 6.19. The Bertz CT molecular complexity index is 354. The zero-order valence-electron chi connectivity index (χ0n) is 11.1. The van der Waals surface area contributed by atoms with E-state index in [2.05, 4.69) is 51.2 Å². The molecule has 17 heavy (non-hydrogen) atoms. The van der Waals surface area contributed by atoms with Gasteiger partial charge in [-0.2, -0.15) is 0 Å². The maximum absolute atomic E-state index is 6.33. The number of rotatable bonds is 6. The number of nitrogens with one attached hydrogen (secondary N) is 1. The highest BCUT2D eigenvalue weighted by Gasteiger charge is 2.09. The molecule has 1 N–H and O–H groups in total. The van der Waals surface area contributed by atoms with Crippen LogP contribution in [0.4, 0.5) is 0 Å². The van der Waals surface area contributed by atoms with Crippen LogP contribution >= 0.6 is 23.4 Å². The molecule has 0 saturated heterocycles. The predicted octanol–water partition coefficient (Wildman–Crippen LogP) is 4.90. The van der Waals surface area contributed by atoms with Gasteiger partial charge in [0.1, 0.15) is 0 Å². The molecule has 2 unspecified atom stereocenters. The van der Waals surface area contributed by atoms with Gasteiger partial charge in [0, 0.05) is 16.2 Å². The van der Waals surface area contributed by atoms with Gasteiger partial charge in [-0.05, 0) is 37.6 Å². The van der Waals surface area contributed by atoms with Crippen molar-refractivity contribution in [1.82, 2.24) is 5.32 Å². The van der Waals surface area contributed by atoms with E-state index in [1.807, 2.05) is 11.8 Å². The van der Waals surface area contributed by atoms with E-state index in [1.165, 1.54) is 10.5 Å². The molecule has 1 rings (SSSR count). The summed E-state index contributed by atoms with van der Waals surface area (Å²) in [5, 5.41) is 4.88. The quantitative estimate of drug-likeness (QED) is 0.739. The summed E-state index contributed by atoms with van der Waals surface area (Å²) < 4.78 is 0. The van der Waals surface area contributed by atoms with Crippen molar-refractivity contribution in [2.24, 2.45) is 0 Å². The van der Waals surface area contributed by atoms with Gasteiger partial charge in [-0.1, -0.05) is 38.4 Å². The predicted molar refractivity (Wildman–Crippen MR) is 79.2 cm³/mol. The number of hydrogen-bond donors (Lipinski definition) is 1. The Morgan fingerprint density at radius 1 is 1.29 bits per heavy atom. The highest BCUT2D eigenvalue weighted by Crippen LogP contribution is 2.33. The smallest absolute Gasteiger partial charge is 0.0545 e. The van der Waals surface area contributed by atoms with Crippen molar-refractivity contribution >= 4 is 23.4 Å². The summed E-state index contributed by atoms with van der Waals surface area (Å²) in [4.78, 5) is 1.19. The van der Waals surface area contributed by atoms with Crippen molar-refractivity contribution in [3.05, 3.63) is 28.8 Å². The van der Waals surface area contributed by atoms with E-state index in [0.717, 1.165) is 18.0 Å². The normalized spacial score (nSPS) is 14.6. The minimum atomic E-state index is 0.361. The lowest BCUT2D eigenvalue weighted by molar-refractivity contribution is 0.598. The summed E-state index contributed by atoms with van der Waals surface area (Å²) in [7, 11) is 0. The fourth-order valence-electron chi connectivity index (χ4n) is 1.61. The number of halogens is 1. The molecule has 0 amide bonds. The third-order valence-electron chi connectivity index (χ3n) is 2.87. The monoisotopic (exact) mass is 271 g/mol. The minimum absolute atomic E-state index is 0.361. The third-order valence-corrected chi connectivity index (χ3v) is 4.64. The van der Waals surface area contributed by atoms with Gasteiger partial charge >= 0.3 is 0 Å². The summed E-state index contributed by atoms with van der Waals surface area (Å²) in [6, 6.07) is 6.76. The molecular formula is C14H22ClNS. The molecule has 1 aromatic carbocycles. The molecule has 0 fully saturated rings. The molecule has 0 aliphatic rings. The molecule has 3 heteroatoms. The van der Waals surface area contributed by atoms with Crippen LogP contribution in [-0.2, 0) is 0 Å². The molecule has 0 spiro atoms. The maximum atomic E-state index is 6.33. The minimum Gasteiger partial charge on any atom is -0.310 e. The van der Waals surface area contributed by atoms with Crippen LogP contribution in [0.25, 0.3) is 0 Å². The van der Waals surface area contributed by atoms with E-state index in [0.29, 0.717) is 11.3 Å². The van der Waals surface area contributed by atoms with Crippen LogP contribution in [0.1, 0.15) is 45.7 Å². The van der Waals surface area contributed by atoms with Crippen LogP contribution < -0.4 is 5.32 Å². The molecule has 1 nitrogen and oxygen atoms in total. The molecule has 0 aliphatic heterocycles. The first kappa shape index (κ1) is 14.9.